The lowest BCUT2D eigenvalue weighted by Crippen LogP contribution is -2.03. The van der Waals surface area contributed by atoms with Gasteiger partial charge in [0.05, 0.1) is 15.7 Å². The van der Waals surface area contributed by atoms with Crippen molar-refractivity contribution in [1.29, 1.82) is 0 Å². The van der Waals surface area contributed by atoms with E-state index in [4.69, 9.17) is 23.2 Å². The van der Waals surface area contributed by atoms with E-state index >= 15 is 0 Å². The van der Waals surface area contributed by atoms with Crippen molar-refractivity contribution in [3.63, 3.8) is 0 Å². The van der Waals surface area contributed by atoms with E-state index in [9.17, 15) is 4.39 Å². The second kappa shape index (κ2) is 8.60. The molecular formula is C14H20Cl2FN. The van der Waals surface area contributed by atoms with Crippen molar-refractivity contribution < 1.29 is 4.39 Å². The first-order valence-electron chi connectivity index (χ1n) is 6.53. The zero-order chi connectivity index (χ0) is 13.4. The number of benzene rings is 1. The second-order valence-corrected chi connectivity index (χ2v) is 5.25. The van der Waals surface area contributed by atoms with Gasteiger partial charge in [0.15, 0.2) is 0 Å². The third-order valence-corrected chi connectivity index (χ3v) is 3.44. The summed E-state index contributed by atoms with van der Waals surface area (Å²) in [6, 6.07) is 2.55. The molecule has 0 amide bonds. The molecule has 1 nitrogen and oxygen atoms in total. The lowest BCUT2D eigenvalue weighted by atomic mass is 10.1. The van der Waals surface area contributed by atoms with Gasteiger partial charge in [-0.05, 0) is 18.6 Å². The summed E-state index contributed by atoms with van der Waals surface area (Å²) in [5.74, 6) is -0.407. The summed E-state index contributed by atoms with van der Waals surface area (Å²) >= 11 is 11.9. The zero-order valence-electron chi connectivity index (χ0n) is 10.7. The van der Waals surface area contributed by atoms with Crippen LogP contribution in [0.5, 0.6) is 0 Å². The van der Waals surface area contributed by atoms with Gasteiger partial charge in [-0.3, -0.25) is 0 Å². The van der Waals surface area contributed by atoms with E-state index in [1.807, 2.05) is 0 Å². The number of rotatable bonds is 8. The molecule has 0 bridgehead atoms. The Kier molecular flexibility index (Phi) is 7.45. The van der Waals surface area contributed by atoms with Crippen molar-refractivity contribution in [3.05, 3.63) is 28.0 Å². The van der Waals surface area contributed by atoms with Crippen molar-refractivity contribution in [2.45, 2.75) is 45.4 Å². The van der Waals surface area contributed by atoms with Crippen LogP contribution in [-0.2, 0) is 0 Å². The summed E-state index contributed by atoms with van der Waals surface area (Å²) in [6.45, 7) is 3.03. The molecule has 0 fully saturated rings. The number of hydrogen-bond acceptors (Lipinski definition) is 1. The highest BCUT2D eigenvalue weighted by Gasteiger charge is 2.07. The Morgan fingerprint density at radius 2 is 1.56 bits per heavy atom. The average molecular weight is 292 g/mol. The lowest BCUT2D eigenvalue weighted by Gasteiger charge is -2.10. The van der Waals surface area contributed by atoms with Crippen LogP contribution in [0.3, 0.4) is 0 Å². The van der Waals surface area contributed by atoms with Gasteiger partial charge in [-0.15, -0.1) is 0 Å². The van der Waals surface area contributed by atoms with E-state index in [0.29, 0.717) is 15.7 Å². The monoisotopic (exact) mass is 291 g/mol. The predicted molar refractivity (Wildman–Crippen MR) is 78.3 cm³/mol. The largest absolute Gasteiger partial charge is 0.383 e. The predicted octanol–water partition coefficient (Wildman–Crippen LogP) is 5.90. The van der Waals surface area contributed by atoms with Crippen LogP contribution in [0, 0.1) is 5.82 Å². The van der Waals surface area contributed by atoms with Gasteiger partial charge in [-0.2, -0.15) is 0 Å². The fraction of sp³-hybridized carbons (Fsp3) is 0.571. The molecule has 102 valence electrons. The number of nitrogens with one attached hydrogen (secondary N) is 1. The number of hydrogen-bond donors (Lipinski definition) is 1. The molecule has 0 aromatic heterocycles. The molecule has 0 unspecified atom stereocenters. The van der Waals surface area contributed by atoms with Crippen LogP contribution in [0.4, 0.5) is 10.1 Å². The van der Waals surface area contributed by atoms with Gasteiger partial charge >= 0.3 is 0 Å². The Labute approximate surface area is 119 Å². The van der Waals surface area contributed by atoms with Crippen LogP contribution in [0.15, 0.2) is 12.1 Å². The fourth-order valence-electron chi connectivity index (χ4n) is 1.83. The van der Waals surface area contributed by atoms with Gasteiger partial charge in [0.2, 0.25) is 0 Å². The minimum atomic E-state index is -0.407. The molecule has 0 aliphatic heterocycles. The first kappa shape index (κ1) is 15.6. The Bertz CT molecular complexity index is 346. The third-order valence-electron chi connectivity index (χ3n) is 2.84. The minimum absolute atomic E-state index is 0.339. The first-order chi connectivity index (χ1) is 8.65. The smallest absolute Gasteiger partial charge is 0.126 e. The Morgan fingerprint density at radius 3 is 2.17 bits per heavy atom. The molecule has 1 aromatic rings. The second-order valence-electron chi connectivity index (χ2n) is 4.44. The van der Waals surface area contributed by atoms with Crippen molar-refractivity contribution in [2.24, 2.45) is 0 Å². The first-order valence-corrected chi connectivity index (χ1v) is 7.29. The zero-order valence-corrected chi connectivity index (χ0v) is 12.3. The lowest BCUT2D eigenvalue weighted by molar-refractivity contribution is 0.616. The van der Waals surface area contributed by atoms with Crippen LogP contribution in [0.25, 0.3) is 0 Å². The quantitative estimate of drug-likeness (QED) is 0.588. The molecule has 0 saturated carbocycles. The van der Waals surface area contributed by atoms with Gasteiger partial charge < -0.3 is 5.32 Å². The maximum Gasteiger partial charge on any atom is 0.126 e. The van der Waals surface area contributed by atoms with Gasteiger partial charge in [0.25, 0.3) is 0 Å². The van der Waals surface area contributed by atoms with Crippen LogP contribution < -0.4 is 5.32 Å². The van der Waals surface area contributed by atoms with Crippen LogP contribution >= 0.6 is 23.2 Å². The van der Waals surface area contributed by atoms with E-state index in [0.717, 1.165) is 13.0 Å². The summed E-state index contributed by atoms with van der Waals surface area (Å²) in [7, 11) is 0. The Balaban J connectivity index is 2.27. The summed E-state index contributed by atoms with van der Waals surface area (Å²) < 4.78 is 13.0. The van der Waals surface area contributed by atoms with E-state index in [1.54, 1.807) is 0 Å². The van der Waals surface area contributed by atoms with Gasteiger partial charge in [0, 0.05) is 6.54 Å². The molecule has 0 spiro atoms. The molecule has 1 aromatic carbocycles. The molecule has 0 aliphatic carbocycles. The third kappa shape index (κ3) is 5.45. The maximum absolute atomic E-state index is 13.0. The molecular weight excluding hydrogens is 272 g/mol. The Morgan fingerprint density at radius 1 is 1.00 bits per heavy atom. The fourth-order valence-corrected chi connectivity index (χ4v) is 2.42. The highest BCUT2D eigenvalue weighted by Crippen LogP contribution is 2.31. The summed E-state index contributed by atoms with van der Waals surface area (Å²) in [5, 5.41) is 3.85. The highest BCUT2D eigenvalue weighted by atomic mass is 35.5. The van der Waals surface area contributed by atoms with Gasteiger partial charge in [-0.25, -0.2) is 4.39 Å². The molecule has 1 N–H and O–H groups in total. The maximum atomic E-state index is 13.0. The summed E-state index contributed by atoms with van der Waals surface area (Å²) in [4.78, 5) is 0. The summed E-state index contributed by atoms with van der Waals surface area (Å²) in [6.07, 6.45) is 7.41. The minimum Gasteiger partial charge on any atom is -0.383 e. The molecule has 0 aliphatic rings. The van der Waals surface area contributed by atoms with Crippen molar-refractivity contribution >= 4 is 28.9 Å². The average Bonchev–Trinajstić information content (AvgIpc) is 2.30. The topological polar surface area (TPSA) is 12.0 Å². The van der Waals surface area contributed by atoms with E-state index in [2.05, 4.69) is 12.2 Å². The van der Waals surface area contributed by atoms with Crippen molar-refractivity contribution in [2.75, 3.05) is 11.9 Å². The number of unbranched alkanes of at least 4 members (excludes halogenated alkanes) is 5. The number of anilines is 1. The van der Waals surface area contributed by atoms with E-state index < -0.39 is 5.82 Å². The van der Waals surface area contributed by atoms with Crippen molar-refractivity contribution in [1.82, 2.24) is 0 Å². The van der Waals surface area contributed by atoms with Crippen LogP contribution in [-0.4, -0.2) is 6.54 Å². The Hall–Kier alpha value is -0.470. The van der Waals surface area contributed by atoms with Crippen LogP contribution in [0.1, 0.15) is 45.4 Å². The van der Waals surface area contributed by atoms with Crippen LogP contribution in [0.2, 0.25) is 10.0 Å². The molecule has 4 heteroatoms. The molecule has 0 saturated heterocycles. The molecule has 1 rings (SSSR count). The van der Waals surface area contributed by atoms with Gasteiger partial charge in [0.1, 0.15) is 5.82 Å². The normalized spacial score (nSPS) is 10.7. The highest BCUT2D eigenvalue weighted by molar-refractivity contribution is 6.39. The van der Waals surface area contributed by atoms with E-state index in [1.165, 1.54) is 44.2 Å². The number of halogens is 3. The molecule has 0 radical (unpaired) electrons. The van der Waals surface area contributed by atoms with E-state index in [-0.39, 0.29) is 0 Å². The van der Waals surface area contributed by atoms with Gasteiger partial charge in [-0.1, -0.05) is 62.2 Å². The summed E-state index contributed by atoms with van der Waals surface area (Å²) in [5.41, 5.74) is 0.633. The van der Waals surface area contributed by atoms with Crippen molar-refractivity contribution in [3.8, 4) is 0 Å². The SMILES string of the molecule is CCCCCCCCNc1c(Cl)cc(F)cc1Cl. The molecule has 0 heterocycles. The standard InChI is InChI=1S/C14H20Cl2FN/c1-2-3-4-5-6-7-8-18-14-12(15)9-11(17)10-13(14)16/h9-10,18H,2-8H2,1H3. The molecule has 0 atom stereocenters. The molecule has 18 heavy (non-hydrogen) atoms.